The van der Waals surface area contributed by atoms with Gasteiger partial charge in [-0.3, -0.25) is 9.48 Å². The van der Waals surface area contributed by atoms with Gasteiger partial charge in [0.1, 0.15) is 30.0 Å². The summed E-state index contributed by atoms with van der Waals surface area (Å²) in [4.78, 5) is 17.9. The maximum absolute atomic E-state index is 15.0. The topological polar surface area (TPSA) is 97.2 Å². The van der Waals surface area contributed by atoms with Crippen molar-refractivity contribution in [2.75, 3.05) is 29.5 Å². The van der Waals surface area contributed by atoms with E-state index in [0.29, 0.717) is 44.5 Å². The second-order valence-electron chi connectivity index (χ2n) is 8.96. The maximum Gasteiger partial charge on any atom is 0.227 e. The average molecular weight is 451 g/mol. The van der Waals surface area contributed by atoms with Crippen LogP contribution in [-0.2, 0) is 21.2 Å². The van der Waals surface area contributed by atoms with Crippen molar-refractivity contribution in [2.45, 2.75) is 37.8 Å². The molecule has 3 aliphatic heterocycles. The van der Waals surface area contributed by atoms with E-state index in [4.69, 9.17) is 0 Å². The third-order valence-corrected chi connectivity index (χ3v) is 8.80. The van der Waals surface area contributed by atoms with Crippen LogP contribution < -0.4 is 10.2 Å². The zero-order chi connectivity index (χ0) is 21.8. The predicted octanol–water partition coefficient (Wildman–Crippen LogP) is 1.24. The molecule has 11 heteroatoms. The number of nitrogens with zero attached hydrogens (tertiary/aromatic N) is 4. The largest absolute Gasteiger partial charge is 0.367 e. The summed E-state index contributed by atoms with van der Waals surface area (Å²) in [6.45, 7) is 1.26. The number of piperidine rings is 1. The SMILES string of the molecule is O=C1NC(Cn2cncn2)C[C@@H]1c1cc(F)c(N2CCC3(CC2)CS(=O)(=O)C3)c(F)c1. The highest BCUT2D eigenvalue weighted by molar-refractivity contribution is 7.92. The van der Waals surface area contributed by atoms with Crippen molar-refractivity contribution < 1.29 is 22.0 Å². The van der Waals surface area contributed by atoms with Gasteiger partial charge in [-0.25, -0.2) is 22.2 Å². The Labute approximate surface area is 178 Å². The first-order chi connectivity index (χ1) is 14.7. The molecule has 3 aliphatic rings. The Bertz CT molecular complexity index is 1080. The molecule has 2 aromatic rings. The highest BCUT2D eigenvalue weighted by Crippen LogP contribution is 2.44. The lowest BCUT2D eigenvalue weighted by Gasteiger charge is -2.47. The number of hydrogen-bond acceptors (Lipinski definition) is 6. The number of benzene rings is 1. The quantitative estimate of drug-likeness (QED) is 0.752. The standard InChI is InChI=1S/C20H23F2N5O3S/c21-16-5-13(15-7-14(25-19(15)28)8-27-12-23-11-24-27)6-17(22)18(16)26-3-1-20(2-4-26)9-31(29,30)10-20/h5-6,11-12,14-15H,1-4,7-10H2,(H,25,28)/t14?,15-/m1/s1. The van der Waals surface area contributed by atoms with E-state index in [-0.39, 0.29) is 34.6 Å². The van der Waals surface area contributed by atoms with Gasteiger partial charge in [0.2, 0.25) is 5.91 Å². The van der Waals surface area contributed by atoms with E-state index in [2.05, 4.69) is 15.4 Å². The monoisotopic (exact) mass is 451 g/mol. The van der Waals surface area contributed by atoms with Crippen LogP contribution in [0.25, 0.3) is 0 Å². The molecule has 3 fully saturated rings. The number of amides is 1. The van der Waals surface area contributed by atoms with Gasteiger partial charge in [-0.2, -0.15) is 5.10 Å². The number of halogens is 2. The summed E-state index contributed by atoms with van der Waals surface area (Å²) in [6, 6.07) is 2.30. The molecular weight excluding hydrogens is 428 g/mol. The fourth-order valence-corrected chi connectivity index (χ4v) is 7.54. The minimum atomic E-state index is -2.94. The minimum absolute atomic E-state index is 0.0987. The van der Waals surface area contributed by atoms with Crippen molar-refractivity contribution in [1.29, 1.82) is 0 Å². The van der Waals surface area contributed by atoms with E-state index < -0.39 is 27.4 Å². The number of anilines is 1. The lowest BCUT2D eigenvalue weighted by atomic mass is 9.81. The summed E-state index contributed by atoms with van der Waals surface area (Å²) in [5, 5.41) is 6.87. The van der Waals surface area contributed by atoms with Crippen molar-refractivity contribution in [3.8, 4) is 0 Å². The number of aromatic nitrogens is 3. The van der Waals surface area contributed by atoms with Gasteiger partial charge in [0.25, 0.3) is 0 Å². The molecule has 3 saturated heterocycles. The van der Waals surface area contributed by atoms with Crippen LogP contribution in [0.3, 0.4) is 0 Å². The van der Waals surface area contributed by atoms with Crippen molar-refractivity contribution in [2.24, 2.45) is 5.41 Å². The van der Waals surface area contributed by atoms with E-state index in [1.54, 1.807) is 15.9 Å². The number of rotatable bonds is 4. The Morgan fingerprint density at radius 3 is 2.42 bits per heavy atom. The Morgan fingerprint density at radius 1 is 1.16 bits per heavy atom. The molecule has 1 unspecified atom stereocenters. The number of sulfone groups is 1. The maximum atomic E-state index is 15.0. The van der Waals surface area contributed by atoms with E-state index >= 15 is 0 Å². The normalized spacial score (nSPS) is 26.6. The summed E-state index contributed by atoms with van der Waals surface area (Å²) in [7, 11) is -2.94. The number of nitrogens with one attached hydrogen (secondary N) is 1. The highest BCUT2D eigenvalue weighted by atomic mass is 32.2. The third kappa shape index (κ3) is 3.79. The second kappa shape index (κ2) is 7.25. The van der Waals surface area contributed by atoms with E-state index in [1.165, 1.54) is 18.5 Å². The van der Waals surface area contributed by atoms with Crippen LogP contribution in [0.15, 0.2) is 24.8 Å². The molecule has 0 radical (unpaired) electrons. The van der Waals surface area contributed by atoms with Crippen molar-refractivity contribution in [3.63, 3.8) is 0 Å². The molecule has 4 heterocycles. The van der Waals surface area contributed by atoms with Crippen LogP contribution >= 0.6 is 0 Å². The third-order valence-electron chi connectivity index (χ3n) is 6.69. The van der Waals surface area contributed by atoms with Gasteiger partial charge in [0.15, 0.2) is 9.84 Å². The lowest BCUT2D eigenvalue weighted by Crippen LogP contribution is -2.54. The fraction of sp³-hybridized carbons (Fsp3) is 0.550. The Hall–Kier alpha value is -2.56. The zero-order valence-corrected chi connectivity index (χ0v) is 17.6. The molecule has 2 atom stereocenters. The molecule has 1 aromatic carbocycles. The molecule has 1 amide bonds. The molecule has 8 nitrogen and oxygen atoms in total. The van der Waals surface area contributed by atoms with Gasteiger partial charge in [0.05, 0.1) is 24.0 Å². The van der Waals surface area contributed by atoms with Crippen LogP contribution in [0.1, 0.15) is 30.7 Å². The summed E-state index contributed by atoms with van der Waals surface area (Å²) < 4.78 is 54.6. The second-order valence-corrected chi connectivity index (χ2v) is 11.0. The number of carbonyl (C=O) groups excluding carboxylic acids is 1. The fourth-order valence-electron chi connectivity index (χ4n) is 5.19. The molecular formula is C20H23F2N5O3S. The number of carbonyl (C=O) groups is 1. The van der Waals surface area contributed by atoms with Gasteiger partial charge < -0.3 is 10.2 Å². The first-order valence-electron chi connectivity index (χ1n) is 10.3. The first kappa shape index (κ1) is 20.3. The van der Waals surface area contributed by atoms with Crippen LogP contribution in [0.2, 0.25) is 0 Å². The van der Waals surface area contributed by atoms with Gasteiger partial charge in [0, 0.05) is 24.5 Å². The molecule has 1 N–H and O–H groups in total. The van der Waals surface area contributed by atoms with Gasteiger partial charge in [-0.15, -0.1) is 0 Å². The van der Waals surface area contributed by atoms with Crippen molar-refractivity contribution in [1.82, 2.24) is 20.1 Å². The highest BCUT2D eigenvalue weighted by Gasteiger charge is 2.50. The Morgan fingerprint density at radius 2 is 1.84 bits per heavy atom. The predicted molar refractivity (Wildman–Crippen MR) is 108 cm³/mol. The van der Waals surface area contributed by atoms with Crippen molar-refractivity contribution in [3.05, 3.63) is 42.0 Å². The molecule has 31 heavy (non-hydrogen) atoms. The van der Waals surface area contributed by atoms with Crippen LogP contribution in [0, 0.1) is 17.0 Å². The molecule has 166 valence electrons. The Kier molecular flexibility index (Phi) is 4.76. The lowest BCUT2D eigenvalue weighted by molar-refractivity contribution is -0.120. The molecule has 1 aromatic heterocycles. The minimum Gasteiger partial charge on any atom is -0.367 e. The molecule has 1 spiro atoms. The smallest absolute Gasteiger partial charge is 0.227 e. The van der Waals surface area contributed by atoms with E-state index in [9.17, 15) is 22.0 Å². The van der Waals surface area contributed by atoms with Gasteiger partial charge in [-0.05, 0) is 37.0 Å². The summed E-state index contributed by atoms with van der Waals surface area (Å²) in [5.74, 6) is -1.94. The van der Waals surface area contributed by atoms with Crippen LogP contribution in [-0.4, -0.2) is 59.7 Å². The summed E-state index contributed by atoms with van der Waals surface area (Å²) in [6.07, 6.45) is 4.57. The molecule has 5 rings (SSSR count). The van der Waals surface area contributed by atoms with Crippen molar-refractivity contribution >= 4 is 21.4 Å². The molecule has 0 bridgehead atoms. The van der Waals surface area contributed by atoms with Crippen LogP contribution in [0.5, 0.6) is 0 Å². The number of hydrogen-bond donors (Lipinski definition) is 1. The summed E-state index contributed by atoms with van der Waals surface area (Å²) >= 11 is 0. The molecule has 0 saturated carbocycles. The van der Waals surface area contributed by atoms with Gasteiger partial charge in [-0.1, -0.05) is 0 Å². The van der Waals surface area contributed by atoms with Gasteiger partial charge >= 0.3 is 0 Å². The average Bonchev–Trinajstić information content (AvgIpc) is 3.31. The van der Waals surface area contributed by atoms with Crippen LogP contribution in [0.4, 0.5) is 14.5 Å². The molecule has 0 aliphatic carbocycles. The van der Waals surface area contributed by atoms with E-state index in [1.807, 2.05) is 0 Å². The Balaban J connectivity index is 1.29. The zero-order valence-electron chi connectivity index (χ0n) is 16.8. The van der Waals surface area contributed by atoms with E-state index in [0.717, 1.165) is 0 Å². The summed E-state index contributed by atoms with van der Waals surface area (Å²) in [5.41, 5.74) is -0.0160. The first-order valence-corrected chi connectivity index (χ1v) is 12.1.